The largest absolute Gasteiger partial charge is 0.497 e. The van der Waals surface area contributed by atoms with Crippen molar-refractivity contribution in [2.75, 3.05) is 18.6 Å². The molecule has 5 nitrogen and oxygen atoms in total. The van der Waals surface area contributed by atoms with Crippen molar-refractivity contribution in [2.24, 2.45) is 0 Å². The van der Waals surface area contributed by atoms with Gasteiger partial charge in [-0.15, -0.1) is 0 Å². The Kier molecular flexibility index (Phi) is 6.36. The maximum atomic E-state index is 14.6. The quantitative estimate of drug-likeness (QED) is 0.521. The van der Waals surface area contributed by atoms with Crippen molar-refractivity contribution in [1.29, 1.82) is 0 Å². The minimum absolute atomic E-state index is 0.320. The SMILES string of the molecule is COc1ccc(-c2ccc(CNC3(C(=O)NO)CCSCC3)cc2F)cc1. The van der Waals surface area contributed by atoms with Crippen LogP contribution in [0, 0.1) is 5.82 Å². The second-order valence-electron chi connectivity index (χ2n) is 6.53. The lowest BCUT2D eigenvalue weighted by molar-refractivity contribution is -0.136. The van der Waals surface area contributed by atoms with Gasteiger partial charge in [-0.1, -0.05) is 24.3 Å². The molecule has 0 bridgehead atoms. The van der Waals surface area contributed by atoms with Crippen LogP contribution in [0.5, 0.6) is 5.75 Å². The van der Waals surface area contributed by atoms with Gasteiger partial charge < -0.3 is 4.74 Å². The molecule has 0 atom stereocenters. The number of thioether (sulfide) groups is 1. The van der Waals surface area contributed by atoms with Gasteiger partial charge in [0.15, 0.2) is 0 Å². The molecule has 0 radical (unpaired) electrons. The molecular weight excluding hydrogens is 367 g/mol. The highest BCUT2D eigenvalue weighted by atomic mass is 32.2. The Hall–Kier alpha value is -2.09. The Morgan fingerprint density at radius 2 is 1.93 bits per heavy atom. The van der Waals surface area contributed by atoms with Gasteiger partial charge in [0.2, 0.25) is 0 Å². The minimum Gasteiger partial charge on any atom is -0.497 e. The zero-order valence-corrected chi connectivity index (χ0v) is 15.9. The topological polar surface area (TPSA) is 70.6 Å². The van der Waals surface area contributed by atoms with E-state index in [1.807, 2.05) is 18.2 Å². The van der Waals surface area contributed by atoms with E-state index in [4.69, 9.17) is 9.94 Å². The Labute approximate surface area is 162 Å². The molecule has 3 rings (SSSR count). The Morgan fingerprint density at radius 1 is 1.22 bits per heavy atom. The average molecular weight is 390 g/mol. The summed E-state index contributed by atoms with van der Waals surface area (Å²) < 4.78 is 19.8. The smallest absolute Gasteiger partial charge is 0.263 e. The molecule has 0 spiro atoms. The first-order valence-corrected chi connectivity index (χ1v) is 9.93. The highest BCUT2D eigenvalue weighted by Crippen LogP contribution is 2.29. The lowest BCUT2D eigenvalue weighted by atomic mass is 9.91. The molecule has 2 aromatic rings. The van der Waals surface area contributed by atoms with Crippen molar-refractivity contribution < 1.29 is 19.1 Å². The summed E-state index contributed by atoms with van der Waals surface area (Å²) in [6.07, 6.45) is 1.24. The molecule has 1 heterocycles. The maximum Gasteiger partial charge on any atom is 0.263 e. The maximum absolute atomic E-state index is 14.6. The van der Waals surface area contributed by atoms with Crippen molar-refractivity contribution in [2.45, 2.75) is 24.9 Å². The molecule has 7 heteroatoms. The predicted molar refractivity (Wildman–Crippen MR) is 104 cm³/mol. The van der Waals surface area contributed by atoms with Crippen molar-refractivity contribution in [3.05, 3.63) is 53.8 Å². The highest BCUT2D eigenvalue weighted by Gasteiger charge is 2.39. The van der Waals surface area contributed by atoms with Gasteiger partial charge in [-0.05, 0) is 53.7 Å². The van der Waals surface area contributed by atoms with Crippen molar-refractivity contribution in [3.8, 4) is 16.9 Å². The van der Waals surface area contributed by atoms with Crippen LogP contribution in [0.15, 0.2) is 42.5 Å². The molecule has 1 aliphatic heterocycles. The lowest BCUT2D eigenvalue weighted by Crippen LogP contribution is -2.58. The average Bonchev–Trinajstić information content (AvgIpc) is 2.72. The number of halogens is 1. The summed E-state index contributed by atoms with van der Waals surface area (Å²) in [7, 11) is 1.59. The fourth-order valence-electron chi connectivity index (χ4n) is 3.26. The molecule has 1 amide bonds. The van der Waals surface area contributed by atoms with Crippen LogP contribution >= 0.6 is 11.8 Å². The molecule has 2 aromatic carbocycles. The first kappa shape index (κ1) is 19.7. The van der Waals surface area contributed by atoms with Gasteiger partial charge in [-0.25, -0.2) is 9.87 Å². The minimum atomic E-state index is -0.814. The van der Waals surface area contributed by atoms with E-state index in [2.05, 4.69) is 5.32 Å². The van der Waals surface area contributed by atoms with Gasteiger partial charge in [-0.2, -0.15) is 11.8 Å². The number of nitrogens with one attached hydrogen (secondary N) is 2. The van der Waals surface area contributed by atoms with Crippen LogP contribution in [0.4, 0.5) is 4.39 Å². The molecule has 0 aromatic heterocycles. The standard InChI is InChI=1S/C20H23FN2O3S/c1-26-16-5-3-15(4-6-16)17-7-2-14(12-18(17)21)13-22-20(19(24)23-25)8-10-27-11-9-20/h2-7,12,22,25H,8-11,13H2,1H3,(H,23,24). The van der Waals surface area contributed by atoms with Crippen molar-refractivity contribution in [3.63, 3.8) is 0 Å². The van der Waals surface area contributed by atoms with Crippen LogP contribution in [0.1, 0.15) is 18.4 Å². The van der Waals surface area contributed by atoms with E-state index in [-0.39, 0.29) is 5.82 Å². The normalized spacial score (nSPS) is 16.0. The number of carbonyl (C=O) groups excluding carboxylic acids is 1. The van der Waals surface area contributed by atoms with E-state index in [1.165, 1.54) is 6.07 Å². The molecule has 27 heavy (non-hydrogen) atoms. The van der Waals surface area contributed by atoms with Crippen LogP contribution in [0.2, 0.25) is 0 Å². The molecule has 3 N–H and O–H groups in total. The second kappa shape index (κ2) is 8.73. The third-order valence-corrected chi connectivity index (χ3v) is 5.93. The van der Waals surface area contributed by atoms with E-state index < -0.39 is 11.4 Å². The zero-order chi connectivity index (χ0) is 19.3. The monoisotopic (exact) mass is 390 g/mol. The van der Waals surface area contributed by atoms with Crippen LogP contribution < -0.4 is 15.5 Å². The Balaban J connectivity index is 1.74. The summed E-state index contributed by atoms with van der Waals surface area (Å²) >= 11 is 1.78. The number of amides is 1. The van der Waals surface area contributed by atoms with Crippen LogP contribution in [0.3, 0.4) is 0 Å². The second-order valence-corrected chi connectivity index (χ2v) is 7.76. The lowest BCUT2D eigenvalue weighted by Gasteiger charge is -2.35. The van der Waals surface area contributed by atoms with Crippen LogP contribution in [-0.2, 0) is 11.3 Å². The highest BCUT2D eigenvalue weighted by molar-refractivity contribution is 7.99. The third kappa shape index (κ3) is 4.43. The van der Waals surface area contributed by atoms with Gasteiger partial charge in [0.05, 0.1) is 7.11 Å². The number of benzene rings is 2. The number of carbonyl (C=O) groups is 1. The number of rotatable bonds is 6. The molecule has 0 aliphatic carbocycles. The molecule has 1 saturated heterocycles. The van der Waals surface area contributed by atoms with Gasteiger partial charge in [0.1, 0.15) is 17.1 Å². The summed E-state index contributed by atoms with van der Waals surface area (Å²) in [4.78, 5) is 12.2. The first-order valence-electron chi connectivity index (χ1n) is 8.78. The summed E-state index contributed by atoms with van der Waals surface area (Å²) in [5.41, 5.74) is 2.98. The Bertz CT molecular complexity index is 792. The van der Waals surface area contributed by atoms with E-state index in [0.29, 0.717) is 24.9 Å². The first-order chi connectivity index (χ1) is 13.1. The predicted octanol–water partition coefficient (Wildman–Crippen LogP) is 3.36. The van der Waals surface area contributed by atoms with Crippen LogP contribution in [0.25, 0.3) is 11.1 Å². The summed E-state index contributed by atoms with van der Waals surface area (Å²) in [5, 5.41) is 12.3. The number of hydroxylamine groups is 1. The van der Waals surface area contributed by atoms with Gasteiger partial charge in [-0.3, -0.25) is 15.3 Å². The zero-order valence-electron chi connectivity index (χ0n) is 15.1. The molecule has 144 valence electrons. The molecule has 0 unspecified atom stereocenters. The van der Waals surface area contributed by atoms with Gasteiger partial charge >= 0.3 is 0 Å². The van der Waals surface area contributed by atoms with Gasteiger partial charge in [0, 0.05) is 12.1 Å². The fraction of sp³-hybridized carbons (Fsp3) is 0.350. The number of ether oxygens (including phenoxy) is 1. The van der Waals surface area contributed by atoms with E-state index in [1.54, 1.807) is 42.6 Å². The number of hydrogen-bond acceptors (Lipinski definition) is 5. The summed E-state index contributed by atoms with van der Waals surface area (Å²) in [6.45, 7) is 0.345. The van der Waals surface area contributed by atoms with E-state index >= 15 is 0 Å². The number of hydrogen-bond donors (Lipinski definition) is 3. The molecular formula is C20H23FN2O3S. The third-order valence-electron chi connectivity index (χ3n) is 4.95. The van der Waals surface area contributed by atoms with Crippen molar-refractivity contribution in [1.82, 2.24) is 10.8 Å². The molecule has 1 aliphatic rings. The van der Waals surface area contributed by atoms with Crippen molar-refractivity contribution >= 4 is 17.7 Å². The Morgan fingerprint density at radius 3 is 2.52 bits per heavy atom. The molecule has 1 fully saturated rings. The van der Waals surface area contributed by atoms with Gasteiger partial charge in [0.25, 0.3) is 5.91 Å². The molecule has 0 saturated carbocycles. The fourth-order valence-corrected chi connectivity index (χ4v) is 4.45. The number of methoxy groups -OCH3 is 1. The van der Waals surface area contributed by atoms with Crippen LogP contribution in [-0.4, -0.2) is 35.3 Å². The van der Waals surface area contributed by atoms with E-state index in [9.17, 15) is 9.18 Å². The summed E-state index contributed by atoms with van der Waals surface area (Å²) in [5.74, 6) is 1.65. The summed E-state index contributed by atoms with van der Waals surface area (Å²) in [6, 6.07) is 12.3. The van der Waals surface area contributed by atoms with E-state index in [0.717, 1.165) is 28.4 Å².